The molecule has 0 fully saturated rings. The summed E-state index contributed by atoms with van der Waals surface area (Å²) >= 11 is 0. The molecule has 6 nitrogen and oxygen atoms in total. The first kappa shape index (κ1) is 19.0. The van der Waals surface area contributed by atoms with Gasteiger partial charge in [-0.3, -0.25) is 0 Å². The molecule has 1 unspecified atom stereocenters. The highest BCUT2D eigenvalue weighted by Crippen LogP contribution is 2.21. The number of nitrogens with one attached hydrogen (secondary N) is 2. The molecule has 136 valence electrons. The van der Waals surface area contributed by atoms with Crippen molar-refractivity contribution in [2.45, 2.75) is 46.8 Å². The first-order valence-electron chi connectivity index (χ1n) is 8.46. The number of aromatic nitrogens is 1. The van der Waals surface area contributed by atoms with E-state index in [4.69, 9.17) is 4.42 Å². The van der Waals surface area contributed by atoms with E-state index in [0.29, 0.717) is 24.6 Å². The Balaban J connectivity index is 1.81. The summed E-state index contributed by atoms with van der Waals surface area (Å²) in [6, 6.07) is 7.64. The zero-order valence-corrected chi connectivity index (χ0v) is 15.3. The van der Waals surface area contributed by atoms with Crippen molar-refractivity contribution in [2.75, 3.05) is 6.54 Å². The molecular formula is C19H27N3O3. The molecule has 2 amide bonds. The van der Waals surface area contributed by atoms with Crippen molar-refractivity contribution < 1.29 is 14.3 Å². The number of aryl methyl sites for hydroxylation is 1. The summed E-state index contributed by atoms with van der Waals surface area (Å²) in [5, 5.41) is 15.1. The zero-order chi connectivity index (χ0) is 18.4. The summed E-state index contributed by atoms with van der Waals surface area (Å²) in [5.41, 5.74) is 2.57. The second kappa shape index (κ2) is 8.16. The molecule has 2 rings (SSSR count). The number of oxazole rings is 1. The van der Waals surface area contributed by atoms with Crippen LogP contribution in [0, 0.1) is 12.3 Å². The molecule has 0 saturated heterocycles. The first-order valence-corrected chi connectivity index (χ1v) is 8.46. The normalized spacial score (nSPS) is 12.7. The van der Waals surface area contributed by atoms with Gasteiger partial charge >= 0.3 is 6.03 Å². The minimum atomic E-state index is -0.393. The molecule has 1 aromatic heterocycles. The smallest absolute Gasteiger partial charge is 0.315 e. The number of amides is 2. The second-order valence-electron chi connectivity index (χ2n) is 7.26. The van der Waals surface area contributed by atoms with Crippen LogP contribution in [-0.2, 0) is 6.54 Å². The summed E-state index contributed by atoms with van der Waals surface area (Å²) in [7, 11) is 0. The topological polar surface area (TPSA) is 87.4 Å². The van der Waals surface area contributed by atoms with Gasteiger partial charge < -0.3 is 20.2 Å². The van der Waals surface area contributed by atoms with Crippen LogP contribution in [-0.4, -0.2) is 28.8 Å². The Morgan fingerprint density at radius 1 is 1.28 bits per heavy atom. The molecule has 0 saturated carbocycles. The van der Waals surface area contributed by atoms with Gasteiger partial charge in [0, 0.05) is 12.1 Å². The number of benzene rings is 1. The largest absolute Gasteiger partial charge is 0.444 e. The highest BCUT2D eigenvalue weighted by atomic mass is 16.3. The molecule has 0 radical (unpaired) electrons. The Bertz CT molecular complexity index is 690. The quantitative estimate of drug-likeness (QED) is 0.719. The fraction of sp³-hybridized carbons (Fsp3) is 0.474. The van der Waals surface area contributed by atoms with Crippen LogP contribution >= 0.6 is 0 Å². The van der Waals surface area contributed by atoms with Gasteiger partial charge in [0.25, 0.3) is 0 Å². The van der Waals surface area contributed by atoms with Crippen LogP contribution in [0.5, 0.6) is 0 Å². The predicted molar refractivity (Wildman–Crippen MR) is 97.0 cm³/mol. The van der Waals surface area contributed by atoms with Gasteiger partial charge in [-0.05, 0) is 37.8 Å². The van der Waals surface area contributed by atoms with Gasteiger partial charge in [-0.15, -0.1) is 0 Å². The highest BCUT2D eigenvalue weighted by Gasteiger charge is 2.21. The predicted octanol–water partition coefficient (Wildman–Crippen LogP) is 3.25. The summed E-state index contributed by atoms with van der Waals surface area (Å²) in [5.74, 6) is 0.537. The van der Waals surface area contributed by atoms with E-state index in [-0.39, 0.29) is 18.0 Å². The second-order valence-corrected chi connectivity index (χ2v) is 7.26. The van der Waals surface area contributed by atoms with Crippen LogP contribution in [0.1, 0.15) is 38.4 Å². The van der Waals surface area contributed by atoms with Crippen molar-refractivity contribution in [3.63, 3.8) is 0 Å². The maximum atomic E-state index is 11.9. The molecule has 1 heterocycles. The molecule has 0 aliphatic heterocycles. The molecule has 0 aliphatic carbocycles. The van der Waals surface area contributed by atoms with Crippen LogP contribution in [0.25, 0.3) is 11.5 Å². The number of rotatable bonds is 7. The minimum Gasteiger partial charge on any atom is -0.444 e. The molecule has 6 heteroatoms. The third-order valence-electron chi connectivity index (χ3n) is 3.86. The molecular weight excluding hydrogens is 318 g/mol. The Hall–Kier alpha value is -2.34. The van der Waals surface area contributed by atoms with E-state index >= 15 is 0 Å². The van der Waals surface area contributed by atoms with E-state index in [9.17, 15) is 9.90 Å². The number of aliphatic hydroxyl groups excluding tert-OH is 1. The molecule has 0 bridgehead atoms. The Morgan fingerprint density at radius 2 is 1.96 bits per heavy atom. The maximum Gasteiger partial charge on any atom is 0.315 e. The van der Waals surface area contributed by atoms with Gasteiger partial charge in [0.05, 0.1) is 18.3 Å². The fourth-order valence-electron chi connectivity index (χ4n) is 2.64. The standard InChI is InChI=1S/C19H27N3O3/c1-13-5-7-15(8-6-13)17-22-16(11-25-17)10-20-18(24)21-12-19(3,4)9-14(2)23/h5-8,11,14,23H,9-10,12H2,1-4H3,(H2,20,21,24). The number of nitrogens with zero attached hydrogens (tertiary/aromatic N) is 1. The zero-order valence-electron chi connectivity index (χ0n) is 15.3. The van der Waals surface area contributed by atoms with Crippen LogP contribution < -0.4 is 10.6 Å². The molecule has 1 aromatic carbocycles. The third kappa shape index (κ3) is 6.23. The van der Waals surface area contributed by atoms with Gasteiger partial charge in [0.1, 0.15) is 6.26 Å². The van der Waals surface area contributed by atoms with Crippen LogP contribution in [0.15, 0.2) is 34.9 Å². The van der Waals surface area contributed by atoms with Crippen LogP contribution in [0.4, 0.5) is 4.79 Å². The average molecular weight is 345 g/mol. The van der Waals surface area contributed by atoms with Gasteiger partial charge in [0.2, 0.25) is 5.89 Å². The number of urea groups is 1. The van der Waals surface area contributed by atoms with Gasteiger partial charge in [-0.1, -0.05) is 31.5 Å². The lowest BCUT2D eigenvalue weighted by Gasteiger charge is -2.26. The van der Waals surface area contributed by atoms with Crippen molar-refractivity contribution >= 4 is 6.03 Å². The maximum absolute atomic E-state index is 11.9. The number of carbonyl (C=O) groups is 1. The van der Waals surface area contributed by atoms with Crippen molar-refractivity contribution in [2.24, 2.45) is 5.41 Å². The molecule has 1 atom stereocenters. The van der Waals surface area contributed by atoms with E-state index < -0.39 is 6.10 Å². The monoisotopic (exact) mass is 345 g/mol. The van der Waals surface area contributed by atoms with Crippen molar-refractivity contribution in [3.05, 3.63) is 41.8 Å². The summed E-state index contributed by atoms with van der Waals surface area (Å²) in [6.07, 6.45) is 1.78. The number of hydrogen-bond acceptors (Lipinski definition) is 4. The molecule has 0 spiro atoms. The lowest BCUT2D eigenvalue weighted by molar-refractivity contribution is 0.129. The molecule has 0 aliphatic rings. The summed E-state index contributed by atoms with van der Waals surface area (Å²) in [4.78, 5) is 16.3. The summed E-state index contributed by atoms with van der Waals surface area (Å²) < 4.78 is 5.47. The number of aliphatic hydroxyl groups is 1. The van der Waals surface area contributed by atoms with E-state index in [2.05, 4.69) is 15.6 Å². The lowest BCUT2D eigenvalue weighted by Crippen LogP contribution is -2.41. The van der Waals surface area contributed by atoms with E-state index in [1.807, 2.05) is 45.0 Å². The van der Waals surface area contributed by atoms with Crippen molar-refractivity contribution in [1.29, 1.82) is 0 Å². The highest BCUT2D eigenvalue weighted by molar-refractivity contribution is 5.73. The SMILES string of the molecule is Cc1ccc(-c2nc(CNC(=O)NCC(C)(C)CC(C)O)co2)cc1. The van der Waals surface area contributed by atoms with E-state index in [0.717, 1.165) is 5.56 Å². The Morgan fingerprint density at radius 3 is 2.60 bits per heavy atom. The number of hydrogen-bond donors (Lipinski definition) is 3. The minimum absolute atomic E-state index is 0.169. The average Bonchev–Trinajstić information content (AvgIpc) is 2.99. The lowest BCUT2D eigenvalue weighted by atomic mass is 9.87. The molecule has 3 N–H and O–H groups in total. The molecule has 2 aromatic rings. The van der Waals surface area contributed by atoms with Crippen LogP contribution in [0.2, 0.25) is 0 Å². The van der Waals surface area contributed by atoms with Crippen molar-refractivity contribution in [1.82, 2.24) is 15.6 Å². The van der Waals surface area contributed by atoms with E-state index in [1.54, 1.807) is 13.2 Å². The van der Waals surface area contributed by atoms with Crippen molar-refractivity contribution in [3.8, 4) is 11.5 Å². The fourth-order valence-corrected chi connectivity index (χ4v) is 2.64. The molecule has 25 heavy (non-hydrogen) atoms. The third-order valence-corrected chi connectivity index (χ3v) is 3.86. The Labute approximate surface area is 148 Å². The first-order chi connectivity index (χ1) is 11.7. The Kier molecular flexibility index (Phi) is 6.20. The summed E-state index contributed by atoms with van der Waals surface area (Å²) in [6.45, 7) is 8.56. The van der Waals surface area contributed by atoms with Gasteiger partial charge in [-0.25, -0.2) is 9.78 Å². The van der Waals surface area contributed by atoms with Crippen LogP contribution in [0.3, 0.4) is 0 Å². The van der Waals surface area contributed by atoms with Gasteiger partial charge in [-0.2, -0.15) is 0 Å². The number of carbonyl (C=O) groups excluding carboxylic acids is 1. The van der Waals surface area contributed by atoms with E-state index in [1.165, 1.54) is 5.56 Å². The van der Waals surface area contributed by atoms with Gasteiger partial charge in [0.15, 0.2) is 0 Å².